The molecule has 0 saturated carbocycles. The standard InChI is InChI=1S/C23H19Br2NO4.C8H7BrO3.C6H8N2.CH3B/c24-17-7-3-15(4-8-17)21(28)20(27)13-14-1-11-19(12-2-14)26-23(30)22(29)16-5-9-18(25)10-6-16;9-6-3-1-5(2-4-6)7(10)8(11)12;7-5-1-2-6(8)4-3-5;1-2/h1-12,21-22,28-29H,13H2,(H,26,30);1-4,7,10H,(H,11,12);1-4H,7-8H2;1H3. The summed E-state index contributed by atoms with van der Waals surface area (Å²) in [7, 11) is 4.50. The van der Waals surface area contributed by atoms with Gasteiger partial charge in [-0.1, -0.05) is 103 Å². The lowest BCUT2D eigenvalue weighted by molar-refractivity contribution is -0.147. The highest BCUT2D eigenvalue weighted by atomic mass is 79.9. The first-order valence-electron chi connectivity index (χ1n) is 15.4. The molecule has 3 atom stereocenters. The number of aliphatic carboxylic acids is 1. The number of nitrogens with one attached hydrogen (secondary N) is 1. The third-order valence-electron chi connectivity index (χ3n) is 6.88. The predicted molar refractivity (Wildman–Crippen MR) is 216 cm³/mol. The van der Waals surface area contributed by atoms with Crippen molar-refractivity contribution in [3.05, 3.63) is 157 Å². The third kappa shape index (κ3) is 15.1. The molecule has 0 bridgehead atoms. The van der Waals surface area contributed by atoms with Gasteiger partial charge in [-0.25, -0.2) is 4.79 Å². The van der Waals surface area contributed by atoms with E-state index in [1.165, 1.54) is 6.82 Å². The van der Waals surface area contributed by atoms with Gasteiger partial charge in [0, 0.05) is 36.9 Å². The van der Waals surface area contributed by atoms with E-state index in [4.69, 9.17) is 21.7 Å². The van der Waals surface area contributed by atoms with Crippen LogP contribution in [0, 0.1) is 0 Å². The zero-order valence-corrected chi connectivity index (χ0v) is 32.6. The summed E-state index contributed by atoms with van der Waals surface area (Å²) in [5.74, 6) is -2.11. The Morgan fingerprint density at radius 3 is 1.29 bits per heavy atom. The molecule has 0 saturated heterocycles. The van der Waals surface area contributed by atoms with Crippen LogP contribution in [-0.2, 0) is 20.8 Å². The van der Waals surface area contributed by atoms with E-state index in [0.29, 0.717) is 27.9 Å². The lowest BCUT2D eigenvalue weighted by atomic mass is 10.00. The van der Waals surface area contributed by atoms with Crippen molar-refractivity contribution < 1.29 is 34.8 Å². The summed E-state index contributed by atoms with van der Waals surface area (Å²) < 4.78 is 2.58. The molecule has 0 fully saturated rings. The number of aliphatic hydroxyl groups is 3. The van der Waals surface area contributed by atoms with Gasteiger partial charge in [-0.05, 0) is 95.1 Å². The van der Waals surface area contributed by atoms with Crippen molar-refractivity contribution in [2.24, 2.45) is 0 Å². The smallest absolute Gasteiger partial charge is 0.337 e. The Morgan fingerprint density at radius 2 is 0.923 bits per heavy atom. The molecule has 3 unspecified atom stereocenters. The van der Waals surface area contributed by atoms with E-state index in [1.54, 1.807) is 121 Å². The van der Waals surface area contributed by atoms with Gasteiger partial charge in [0.25, 0.3) is 5.91 Å². The van der Waals surface area contributed by atoms with Crippen LogP contribution in [0.3, 0.4) is 0 Å². The molecule has 270 valence electrons. The van der Waals surface area contributed by atoms with Crippen molar-refractivity contribution >= 4 is 90.4 Å². The molecule has 0 spiro atoms. The fourth-order valence-corrected chi connectivity index (χ4v) is 4.92. The Bertz CT molecular complexity index is 1740. The van der Waals surface area contributed by atoms with E-state index in [0.717, 1.165) is 24.8 Å². The monoisotopic (exact) mass is 895 g/mol. The maximum atomic E-state index is 12.4. The number of halogens is 3. The summed E-state index contributed by atoms with van der Waals surface area (Å²) in [6.07, 6.45) is -3.86. The summed E-state index contributed by atoms with van der Waals surface area (Å²) in [5, 5.41) is 40.6. The van der Waals surface area contributed by atoms with E-state index < -0.39 is 30.2 Å². The minimum absolute atomic E-state index is 0.0625. The second-order valence-electron chi connectivity index (χ2n) is 10.7. The first-order valence-corrected chi connectivity index (χ1v) is 17.8. The van der Waals surface area contributed by atoms with Gasteiger partial charge in [0.15, 0.2) is 18.0 Å². The maximum absolute atomic E-state index is 12.4. The number of aliphatic hydroxyl groups excluding tert-OH is 3. The number of ketones is 1. The van der Waals surface area contributed by atoms with Crippen LogP contribution in [0.1, 0.15) is 40.6 Å². The highest BCUT2D eigenvalue weighted by Gasteiger charge is 2.19. The molecule has 0 aromatic heterocycles. The van der Waals surface area contributed by atoms with Gasteiger partial charge in [-0.3, -0.25) is 9.59 Å². The largest absolute Gasteiger partial charge is 0.479 e. The number of carbonyl (C=O) groups excluding carboxylic acids is 2. The molecule has 1 amide bonds. The van der Waals surface area contributed by atoms with Crippen molar-refractivity contribution in [2.75, 3.05) is 16.8 Å². The van der Waals surface area contributed by atoms with Crippen LogP contribution < -0.4 is 16.8 Å². The number of rotatable bonds is 9. The number of carbonyl (C=O) groups is 3. The number of Topliss-reactive ketones (excluding diaryl/α,β-unsaturated/α-hetero) is 1. The summed E-state index contributed by atoms with van der Waals surface area (Å²) in [5.41, 5.74) is 14.9. The van der Waals surface area contributed by atoms with Crippen molar-refractivity contribution in [1.29, 1.82) is 0 Å². The van der Waals surface area contributed by atoms with Crippen LogP contribution >= 0.6 is 47.8 Å². The van der Waals surface area contributed by atoms with Crippen molar-refractivity contribution in [1.82, 2.24) is 0 Å². The SMILES string of the molecule is Nc1ccc(N)cc1.O=C(Cc1ccc(NC(=O)C(O)c2ccc(Br)cc2)cc1)C(O)c1ccc(Br)cc1.O=C(O)C(O)c1ccc(Br)cc1.[B]C. The van der Waals surface area contributed by atoms with Crippen LogP contribution in [0.2, 0.25) is 6.82 Å². The summed E-state index contributed by atoms with van der Waals surface area (Å²) in [6.45, 7) is 1.50. The number of hydrogen-bond acceptors (Lipinski definition) is 8. The number of amides is 1. The van der Waals surface area contributed by atoms with Gasteiger partial charge < -0.3 is 37.2 Å². The topological polar surface area (TPSA) is 196 Å². The first-order chi connectivity index (χ1) is 24.7. The molecule has 0 aliphatic carbocycles. The maximum Gasteiger partial charge on any atom is 0.337 e. The molecular weight excluding hydrogens is 861 g/mol. The Labute approximate surface area is 328 Å². The van der Waals surface area contributed by atoms with E-state index in [2.05, 4.69) is 61.0 Å². The molecule has 9 N–H and O–H groups in total. The summed E-state index contributed by atoms with van der Waals surface area (Å²) in [4.78, 5) is 35.0. The molecular formula is C38H37BBr3N3O7. The van der Waals surface area contributed by atoms with Gasteiger partial charge in [0.2, 0.25) is 0 Å². The fourth-order valence-electron chi connectivity index (χ4n) is 4.13. The van der Waals surface area contributed by atoms with Crippen molar-refractivity contribution in [3.63, 3.8) is 0 Å². The molecule has 0 aliphatic heterocycles. The summed E-state index contributed by atoms with van der Waals surface area (Å²) >= 11 is 9.83. The average molecular weight is 898 g/mol. The minimum Gasteiger partial charge on any atom is -0.479 e. The van der Waals surface area contributed by atoms with Crippen LogP contribution in [0.25, 0.3) is 0 Å². The van der Waals surface area contributed by atoms with E-state index in [-0.39, 0.29) is 12.2 Å². The van der Waals surface area contributed by atoms with E-state index in [9.17, 15) is 24.6 Å². The highest BCUT2D eigenvalue weighted by molar-refractivity contribution is 9.11. The van der Waals surface area contributed by atoms with Gasteiger partial charge in [0.1, 0.15) is 6.10 Å². The minimum atomic E-state index is -1.43. The molecule has 52 heavy (non-hydrogen) atoms. The number of carboxylic acids is 1. The van der Waals surface area contributed by atoms with Crippen molar-refractivity contribution in [2.45, 2.75) is 31.6 Å². The van der Waals surface area contributed by atoms with Crippen molar-refractivity contribution in [3.8, 4) is 0 Å². The number of hydrogen-bond donors (Lipinski definition) is 7. The lowest BCUT2D eigenvalue weighted by Crippen LogP contribution is -2.20. The Hall–Kier alpha value is -4.31. The van der Waals surface area contributed by atoms with E-state index >= 15 is 0 Å². The molecule has 2 radical (unpaired) electrons. The zero-order chi connectivity index (χ0) is 38.8. The van der Waals surface area contributed by atoms with Gasteiger partial charge in [-0.2, -0.15) is 0 Å². The normalized spacial score (nSPS) is 11.8. The van der Waals surface area contributed by atoms with Gasteiger partial charge in [0.05, 0.1) is 7.85 Å². The fraction of sp³-hybridized carbons (Fsp3) is 0.132. The van der Waals surface area contributed by atoms with E-state index in [1.807, 2.05) is 0 Å². The Kier molecular flexibility index (Phi) is 19.1. The van der Waals surface area contributed by atoms with Crippen LogP contribution in [0.15, 0.2) is 135 Å². The number of carboxylic acid groups (broad SMARTS) is 1. The first kappa shape index (κ1) is 43.9. The van der Waals surface area contributed by atoms with Crippen LogP contribution in [0.5, 0.6) is 0 Å². The summed E-state index contributed by atoms with van der Waals surface area (Å²) in [6, 6.07) is 34.1. The molecule has 14 heteroatoms. The number of nitrogens with two attached hydrogens (primary N) is 2. The molecule has 0 aliphatic rings. The Balaban J connectivity index is 0.000000346. The number of benzene rings is 5. The zero-order valence-electron chi connectivity index (χ0n) is 27.9. The number of nitrogen functional groups attached to an aromatic ring is 2. The second kappa shape index (κ2) is 22.6. The predicted octanol–water partition coefficient (Wildman–Crippen LogP) is 7.35. The highest BCUT2D eigenvalue weighted by Crippen LogP contribution is 2.22. The number of anilines is 3. The third-order valence-corrected chi connectivity index (χ3v) is 8.47. The Morgan fingerprint density at radius 1 is 0.577 bits per heavy atom. The lowest BCUT2D eigenvalue weighted by Gasteiger charge is -2.13. The molecule has 5 aromatic carbocycles. The van der Waals surface area contributed by atoms with Gasteiger partial charge >= 0.3 is 5.97 Å². The molecule has 5 rings (SSSR count). The molecule has 10 nitrogen and oxygen atoms in total. The van der Waals surface area contributed by atoms with Crippen LogP contribution in [-0.4, -0.2) is 45.9 Å². The second-order valence-corrected chi connectivity index (χ2v) is 13.4. The average Bonchev–Trinajstić information content (AvgIpc) is 3.15. The van der Waals surface area contributed by atoms with Gasteiger partial charge in [-0.15, -0.1) is 0 Å². The van der Waals surface area contributed by atoms with Crippen LogP contribution in [0.4, 0.5) is 17.1 Å². The molecule has 5 aromatic rings. The quantitative estimate of drug-likeness (QED) is 0.0585. The molecule has 0 heterocycles.